The summed E-state index contributed by atoms with van der Waals surface area (Å²) in [7, 11) is 0. The average molecular weight is 385 g/mol. The Bertz CT molecular complexity index is 536. The third-order valence-corrected chi connectivity index (χ3v) is 3.92. The predicted octanol–water partition coefficient (Wildman–Crippen LogP) is -2.10. The first-order valence-corrected chi connectivity index (χ1v) is 9.02. The molecule has 0 aliphatic heterocycles. The van der Waals surface area contributed by atoms with Crippen molar-refractivity contribution in [1.29, 1.82) is 0 Å². The van der Waals surface area contributed by atoms with Crippen molar-refractivity contribution in [2.45, 2.75) is 26.4 Å². The summed E-state index contributed by atoms with van der Waals surface area (Å²) in [6.45, 7) is 5.81. The van der Waals surface area contributed by atoms with Gasteiger partial charge in [0.1, 0.15) is 26.2 Å². The Hall–Kier alpha value is -1.84. The van der Waals surface area contributed by atoms with Gasteiger partial charge in [-0.05, 0) is 13.3 Å². The second kappa shape index (κ2) is 15.2. The number of quaternary nitrogens is 1. The average Bonchev–Trinajstić information content (AvgIpc) is 2.67. The Balaban J connectivity index is 0.000000580. The molecule has 1 aromatic carbocycles. The fourth-order valence-electron chi connectivity index (χ4n) is 2.17. The van der Waals surface area contributed by atoms with Crippen LogP contribution in [0, 0.1) is 0 Å². The maximum absolute atomic E-state index is 11.8. The van der Waals surface area contributed by atoms with Crippen molar-refractivity contribution in [2.24, 2.45) is 0 Å². The number of aliphatic hydroxyl groups excluding tert-OH is 3. The number of aliphatic hydroxyl groups is 3. The zero-order valence-electron chi connectivity index (χ0n) is 16.0. The molecule has 1 atom stereocenters. The van der Waals surface area contributed by atoms with E-state index in [-0.39, 0.29) is 49.4 Å². The van der Waals surface area contributed by atoms with Gasteiger partial charge >= 0.3 is 0 Å². The topological polar surface area (TPSA) is 132 Å². The van der Waals surface area contributed by atoms with Crippen LogP contribution in [0.5, 0.6) is 0 Å². The first-order chi connectivity index (χ1) is 12.9. The first kappa shape index (κ1) is 25.2. The van der Waals surface area contributed by atoms with Gasteiger partial charge in [0.15, 0.2) is 5.78 Å². The number of ketones is 1. The number of carboxylic acid groups (broad SMARTS) is 1. The minimum absolute atomic E-state index is 0.0194. The molecular weight excluding hydrogens is 354 g/mol. The number of carboxylic acids is 1. The number of nitrogens with one attached hydrogen (secondary N) is 1. The van der Waals surface area contributed by atoms with E-state index in [4.69, 9.17) is 20.1 Å². The molecule has 0 aliphatic rings. The number of hydrogen-bond donors (Lipinski definition) is 4. The Morgan fingerprint density at radius 3 is 1.93 bits per heavy atom. The van der Waals surface area contributed by atoms with Gasteiger partial charge in [-0.25, -0.2) is 0 Å². The van der Waals surface area contributed by atoms with Gasteiger partial charge in [0.25, 0.3) is 0 Å². The maximum Gasteiger partial charge on any atom is 0.189 e. The van der Waals surface area contributed by atoms with E-state index >= 15 is 0 Å². The van der Waals surface area contributed by atoms with Crippen molar-refractivity contribution in [3.05, 3.63) is 35.4 Å². The van der Waals surface area contributed by atoms with Gasteiger partial charge < -0.3 is 34.9 Å². The van der Waals surface area contributed by atoms with Crippen LogP contribution >= 0.6 is 0 Å². The number of Topliss-reactive ketones (excluding diaryl/α,β-unsaturated/α-hetero) is 1. The summed E-state index contributed by atoms with van der Waals surface area (Å²) >= 11 is 0. The molecule has 27 heavy (non-hydrogen) atoms. The summed E-state index contributed by atoms with van der Waals surface area (Å²) in [5.41, 5.74) is 0.0426. The van der Waals surface area contributed by atoms with Crippen LogP contribution < -0.4 is 10.0 Å². The molecule has 8 nitrogen and oxygen atoms in total. The van der Waals surface area contributed by atoms with Gasteiger partial charge in [-0.3, -0.25) is 4.79 Å². The van der Waals surface area contributed by atoms with Crippen molar-refractivity contribution >= 4 is 11.8 Å². The van der Waals surface area contributed by atoms with Crippen LogP contribution in [0.4, 0.5) is 0 Å². The molecule has 0 fully saturated rings. The Morgan fingerprint density at radius 2 is 1.52 bits per heavy atom. The molecule has 0 heterocycles. The molecule has 1 aromatic rings. The minimum atomic E-state index is -1.35. The zero-order chi connectivity index (χ0) is 20.7. The van der Waals surface area contributed by atoms with Crippen LogP contribution in [0.25, 0.3) is 0 Å². The molecule has 1 unspecified atom stereocenters. The van der Waals surface area contributed by atoms with Crippen LogP contribution in [0.2, 0.25) is 0 Å². The lowest BCUT2D eigenvalue weighted by molar-refractivity contribution is -0.901. The quantitative estimate of drug-likeness (QED) is 0.303. The molecule has 0 spiro atoms. The Kier molecular flexibility index (Phi) is 14.2. The SMILES string of the molecule is CCC(C)OCC(=O)c1ccccc1C(=O)[O-].OCC[NH+](CCO)CCO. The highest BCUT2D eigenvalue weighted by atomic mass is 16.5. The fraction of sp³-hybridized carbons (Fsp3) is 0.579. The van der Waals surface area contributed by atoms with Crippen molar-refractivity contribution < 1.29 is 39.7 Å². The number of carbonyl (C=O) groups is 2. The minimum Gasteiger partial charge on any atom is -0.545 e. The van der Waals surface area contributed by atoms with E-state index in [0.29, 0.717) is 19.6 Å². The Labute approximate surface area is 160 Å². The standard InChI is InChI=1S/C13H16O4.C6H15NO3/c1-3-9(2)17-8-12(14)10-6-4-5-7-11(10)13(15)16;8-4-1-7(2-5-9)3-6-10/h4-7,9H,3,8H2,1-2H3,(H,15,16);8-10H,1-6H2. The van der Waals surface area contributed by atoms with E-state index < -0.39 is 5.97 Å². The summed E-state index contributed by atoms with van der Waals surface area (Å²) in [5.74, 6) is -1.69. The van der Waals surface area contributed by atoms with Gasteiger partial charge in [-0.2, -0.15) is 0 Å². The summed E-state index contributed by atoms with van der Waals surface area (Å²) in [4.78, 5) is 23.6. The third kappa shape index (κ3) is 10.8. The monoisotopic (exact) mass is 385 g/mol. The summed E-state index contributed by atoms with van der Waals surface area (Å²) < 4.78 is 5.28. The lowest BCUT2D eigenvalue weighted by atomic mass is 10.0. The smallest absolute Gasteiger partial charge is 0.189 e. The van der Waals surface area contributed by atoms with E-state index in [0.717, 1.165) is 11.3 Å². The molecule has 0 bridgehead atoms. The van der Waals surface area contributed by atoms with E-state index in [1.165, 1.54) is 12.1 Å². The summed E-state index contributed by atoms with van der Waals surface area (Å²) in [5, 5.41) is 36.3. The van der Waals surface area contributed by atoms with Crippen molar-refractivity contribution in [2.75, 3.05) is 46.1 Å². The van der Waals surface area contributed by atoms with Gasteiger partial charge in [0, 0.05) is 11.1 Å². The number of hydrogen-bond acceptors (Lipinski definition) is 7. The summed E-state index contributed by atoms with van der Waals surface area (Å²) in [6, 6.07) is 5.99. The van der Waals surface area contributed by atoms with E-state index in [9.17, 15) is 14.7 Å². The van der Waals surface area contributed by atoms with Gasteiger partial charge in [0.2, 0.25) is 0 Å². The molecule has 0 saturated heterocycles. The highest BCUT2D eigenvalue weighted by molar-refractivity contribution is 6.05. The van der Waals surface area contributed by atoms with Crippen LogP contribution in [-0.4, -0.2) is 79.2 Å². The molecule has 0 aliphatic carbocycles. The van der Waals surface area contributed by atoms with Gasteiger partial charge in [-0.1, -0.05) is 31.2 Å². The number of ether oxygens (including phenoxy) is 1. The number of carbonyl (C=O) groups excluding carboxylic acids is 2. The molecule has 4 N–H and O–H groups in total. The number of aromatic carboxylic acids is 1. The van der Waals surface area contributed by atoms with Crippen molar-refractivity contribution in [3.8, 4) is 0 Å². The molecule has 0 saturated carbocycles. The molecule has 0 radical (unpaired) electrons. The van der Waals surface area contributed by atoms with Crippen LogP contribution in [-0.2, 0) is 4.74 Å². The highest BCUT2D eigenvalue weighted by Crippen LogP contribution is 2.09. The van der Waals surface area contributed by atoms with Gasteiger partial charge in [0.05, 0.1) is 31.9 Å². The second-order valence-corrected chi connectivity index (χ2v) is 5.96. The van der Waals surface area contributed by atoms with Crippen LogP contribution in [0.15, 0.2) is 24.3 Å². The van der Waals surface area contributed by atoms with Crippen LogP contribution in [0.3, 0.4) is 0 Å². The summed E-state index contributed by atoms with van der Waals surface area (Å²) in [6.07, 6.45) is 0.782. The molecule has 154 valence electrons. The Morgan fingerprint density at radius 1 is 1.04 bits per heavy atom. The second-order valence-electron chi connectivity index (χ2n) is 5.96. The van der Waals surface area contributed by atoms with Crippen molar-refractivity contribution in [1.82, 2.24) is 0 Å². The largest absolute Gasteiger partial charge is 0.545 e. The predicted molar refractivity (Wildman–Crippen MR) is 97.6 cm³/mol. The van der Waals surface area contributed by atoms with Gasteiger partial charge in [-0.15, -0.1) is 0 Å². The number of rotatable bonds is 12. The van der Waals surface area contributed by atoms with E-state index in [1.54, 1.807) is 12.1 Å². The first-order valence-electron chi connectivity index (χ1n) is 9.02. The lowest BCUT2D eigenvalue weighted by Crippen LogP contribution is -3.13. The molecular formula is C19H31NO7. The zero-order valence-corrected chi connectivity index (χ0v) is 16.0. The van der Waals surface area contributed by atoms with Crippen molar-refractivity contribution in [3.63, 3.8) is 0 Å². The molecule has 0 aromatic heterocycles. The van der Waals surface area contributed by atoms with Crippen LogP contribution in [0.1, 0.15) is 41.0 Å². The molecule has 8 heteroatoms. The third-order valence-electron chi connectivity index (χ3n) is 3.92. The highest BCUT2D eigenvalue weighted by Gasteiger charge is 2.12. The van der Waals surface area contributed by atoms with E-state index in [1.807, 2.05) is 13.8 Å². The number of benzene rings is 1. The maximum atomic E-state index is 11.8. The normalized spacial score (nSPS) is 11.6. The molecule has 1 rings (SSSR count). The van der Waals surface area contributed by atoms with E-state index in [2.05, 4.69) is 0 Å². The molecule has 0 amide bonds. The fourth-order valence-corrected chi connectivity index (χ4v) is 2.17. The lowest BCUT2D eigenvalue weighted by Gasteiger charge is -2.15.